The summed E-state index contributed by atoms with van der Waals surface area (Å²) in [6.07, 6.45) is 4.34. The van der Waals surface area contributed by atoms with Gasteiger partial charge in [-0.2, -0.15) is 0 Å². The Bertz CT molecular complexity index is 686. The first-order chi connectivity index (χ1) is 10.1. The number of halogens is 1. The Labute approximate surface area is 129 Å². The molecule has 1 atom stereocenters. The Hall–Kier alpha value is -1.64. The van der Waals surface area contributed by atoms with Crippen molar-refractivity contribution in [3.63, 3.8) is 0 Å². The van der Waals surface area contributed by atoms with Crippen LogP contribution in [0.2, 0.25) is 0 Å². The average Bonchev–Trinajstić information content (AvgIpc) is 3.06. The maximum atomic E-state index is 11.5. The fourth-order valence-electron chi connectivity index (χ4n) is 2.64. The van der Waals surface area contributed by atoms with Crippen molar-refractivity contribution in [2.24, 2.45) is 5.73 Å². The Balaban J connectivity index is 2.10. The van der Waals surface area contributed by atoms with Crippen LogP contribution < -0.4 is 16.0 Å². The molecule has 3 rings (SSSR count). The topological polar surface area (TPSA) is 107 Å². The molecule has 1 aliphatic rings. The predicted octanol–water partition coefficient (Wildman–Crippen LogP) is 0.794. The highest BCUT2D eigenvalue weighted by molar-refractivity contribution is 9.10. The largest absolute Gasteiger partial charge is 0.387 e. The van der Waals surface area contributed by atoms with Crippen molar-refractivity contribution in [1.29, 1.82) is 0 Å². The highest BCUT2D eigenvalue weighted by atomic mass is 79.9. The predicted molar refractivity (Wildman–Crippen MR) is 84.3 cm³/mol. The van der Waals surface area contributed by atoms with E-state index in [1.807, 2.05) is 0 Å². The van der Waals surface area contributed by atoms with Crippen molar-refractivity contribution < 1.29 is 9.90 Å². The van der Waals surface area contributed by atoms with E-state index in [9.17, 15) is 4.79 Å². The zero-order valence-corrected chi connectivity index (χ0v) is 12.9. The molecule has 1 amide bonds. The van der Waals surface area contributed by atoms with E-state index in [1.165, 1.54) is 0 Å². The molecule has 0 aliphatic carbocycles. The third kappa shape index (κ3) is 2.61. The van der Waals surface area contributed by atoms with Gasteiger partial charge in [-0.3, -0.25) is 4.79 Å². The molecule has 0 radical (unpaired) electrons. The first kappa shape index (κ1) is 14.3. The van der Waals surface area contributed by atoms with E-state index in [2.05, 4.69) is 36.1 Å². The van der Waals surface area contributed by atoms with Gasteiger partial charge in [0.2, 0.25) is 5.91 Å². The number of aromatic amines is 1. The monoisotopic (exact) mass is 353 g/mol. The zero-order chi connectivity index (χ0) is 15.0. The second kappa shape index (κ2) is 5.63. The molecule has 21 heavy (non-hydrogen) atoms. The summed E-state index contributed by atoms with van der Waals surface area (Å²) in [5, 5.41) is 12.4. The number of nitrogens with two attached hydrogens (primary N) is 1. The summed E-state index contributed by atoms with van der Waals surface area (Å²) in [6.45, 7) is 1.06. The molecule has 112 valence electrons. The maximum absolute atomic E-state index is 11.5. The number of hydrogen-bond donors (Lipinski definition) is 4. The lowest BCUT2D eigenvalue weighted by molar-refractivity contribution is -0.118. The third-order valence-electron chi connectivity index (χ3n) is 3.59. The second-order valence-corrected chi connectivity index (χ2v) is 5.94. The SMILES string of the molecule is N[C@@H]1CCN(c2c(Br)cnc3[nH]cc(NC(=O)CO)c23)C1. The molecule has 7 nitrogen and oxygen atoms in total. The number of H-pyrrole nitrogens is 1. The minimum atomic E-state index is -0.558. The Morgan fingerprint density at radius 2 is 2.48 bits per heavy atom. The number of nitrogens with zero attached hydrogens (tertiary/aromatic N) is 2. The van der Waals surface area contributed by atoms with Crippen LogP contribution in [0, 0.1) is 0 Å². The number of amides is 1. The molecule has 0 bridgehead atoms. The number of hydrogen-bond acceptors (Lipinski definition) is 5. The van der Waals surface area contributed by atoms with Gasteiger partial charge in [0, 0.05) is 31.5 Å². The highest BCUT2D eigenvalue weighted by Crippen LogP contribution is 2.38. The fraction of sp³-hybridized carbons (Fsp3) is 0.385. The number of fused-ring (bicyclic) bond motifs is 1. The molecule has 0 saturated carbocycles. The van der Waals surface area contributed by atoms with Crippen molar-refractivity contribution in [3.8, 4) is 0 Å². The van der Waals surface area contributed by atoms with Crippen LogP contribution in [0.4, 0.5) is 11.4 Å². The first-order valence-electron chi connectivity index (χ1n) is 6.67. The third-order valence-corrected chi connectivity index (χ3v) is 4.17. The van der Waals surface area contributed by atoms with Crippen LogP contribution in [0.3, 0.4) is 0 Å². The van der Waals surface area contributed by atoms with Gasteiger partial charge in [-0.1, -0.05) is 0 Å². The first-order valence-corrected chi connectivity index (χ1v) is 7.46. The van der Waals surface area contributed by atoms with E-state index < -0.39 is 12.5 Å². The van der Waals surface area contributed by atoms with Crippen molar-refractivity contribution in [2.75, 3.05) is 29.9 Å². The molecule has 3 heterocycles. The molecule has 1 fully saturated rings. The van der Waals surface area contributed by atoms with Crippen LogP contribution in [0.15, 0.2) is 16.9 Å². The van der Waals surface area contributed by atoms with Gasteiger partial charge < -0.3 is 26.0 Å². The number of carbonyl (C=O) groups excluding carboxylic acids is 1. The minimum absolute atomic E-state index is 0.148. The minimum Gasteiger partial charge on any atom is -0.387 e. The Kier molecular flexibility index (Phi) is 3.83. The molecule has 2 aromatic rings. The lowest BCUT2D eigenvalue weighted by Gasteiger charge is -2.21. The normalized spacial score (nSPS) is 18.4. The highest BCUT2D eigenvalue weighted by Gasteiger charge is 2.25. The summed E-state index contributed by atoms with van der Waals surface area (Å²) in [6, 6.07) is 0.148. The number of nitrogens with one attached hydrogen (secondary N) is 2. The maximum Gasteiger partial charge on any atom is 0.250 e. The molecule has 0 spiro atoms. The molecule has 8 heteroatoms. The van der Waals surface area contributed by atoms with Gasteiger partial charge in [0.1, 0.15) is 12.3 Å². The number of anilines is 2. The van der Waals surface area contributed by atoms with Crippen LogP contribution in [-0.4, -0.2) is 46.7 Å². The summed E-state index contributed by atoms with van der Waals surface area (Å²) >= 11 is 3.53. The number of aromatic nitrogens is 2. The Morgan fingerprint density at radius 3 is 3.14 bits per heavy atom. The molecule has 0 aromatic carbocycles. The number of rotatable bonds is 3. The quantitative estimate of drug-likeness (QED) is 0.652. The zero-order valence-electron chi connectivity index (χ0n) is 11.3. The van der Waals surface area contributed by atoms with E-state index in [1.54, 1.807) is 12.4 Å². The van der Waals surface area contributed by atoms with E-state index in [4.69, 9.17) is 10.8 Å². The fourth-order valence-corrected chi connectivity index (χ4v) is 3.20. The summed E-state index contributed by atoms with van der Waals surface area (Å²) in [5.41, 5.74) is 8.24. The van der Waals surface area contributed by atoms with E-state index in [-0.39, 0.29) is 6.04 Å². The van der Waals surface area contributed by atoms with Gasteiger partial charge in [-0.15, -0.1) is 0 Å². The summed E-state index contributed by atoms with van der Waals surface area (Å²) in [7, 11) is 0. The molecule has 1 saturated heterocycles. The molecule has 1 aliphatic heterocycles. The van der Waals surface area contributed by atoms with Crippen LogP contribution >= 0.6 is 15.9 Å². The smallest absolute Gasteiger partial charge is 0.250 e. The van der Waals surface area contributed by atoms with Gasteiger partial charge in [-0.25, -0.2) is 4.98 Å². The van der Waals surface area contributed by atoms with Crippen molar-refractivity contribution in [3.05, 3.63) is 16.9 Å². The molecular weight excluding hydrogens is 338 g/mol. The van der Waals surface area contributed by atoms with Gasteiger partial charge in [0.15, 0.2) is 0 Å². The van der Waals surface area contributed by atoms with E-state index >= 15 is 0 Å². The van der Waals surface area contributed by atoms with Crippen LogP contribution in [0.5, 0.6) is 0 Å². The van der Waals surface area contributed by atoms with E-state index in [0.717, 1.165) is 35.1 Å². The van der Waals surface area contributed by atoms with Gasteiger partial charge in [-0.05, 0) is 22.4 Å². The number of pyridine rings is 1. The number of aliphatic hydroxyl groups is 1. The molecule has 2 aromatic heterocycles. The van der Waals surface area contributed by atoms with Gasteiger partial charge in [0.05, 0.1) is 21.2 Å². The van der Waals surface area contributed by atoms with Gasteiger partial charge in [0.25, 0.3) is 0 Å². The number of carbonyl (C=O) groups is 1. The molecular formula is C13H16BrN5O2. The number of aliphatic hydroxyl groups excluding tert-OH is 1. The molecule has 0 unspecified atom stereocenters. The summed E-state index contributed by atoms with van der Waals surface area (Å²) in [5.74, 6) is -0.458. The molecule has 5 N–H and O–H groups in total. The summed E-state index contributed by atoms with van der Waals surface area (Å²) < 4.78 is 0.850. The van der Waals surface area contributed by atoms with E-state index in [0.29, 0.717) is 11.3 Å². The lowest BCUT2D eigenvalue weighted by atomic mass is 10.2. The van der Waals surface area contributed by atoms with Crippen molar-refractivity contribution >= 4 is 44.2 Å². The van der Waals surface area contributed by atoms with Crippen molar-refractivity contribution in [2.45, 2.75) is 12.5 Å². The Morgan fingerprint density at radius 1 is 1.67 bits per heavy atom. The van der Waals surface area contributed by atoms with Crippen LogP contribution in [-0.2, 0) is 4.79 Å². The van der Waals surface area contributed by atoms with Gasteiger partial charge >= 0.3 is 0 Å². The summed E-state index contributed by atoms with van der Waals surface area (Å²) in [4.78, 5) is 21.0. The van der Waals surface area contributed by atoms with Crippen molar-refractivity contribution in [1.82, 2.24) is 9.97 Å². The standard InChI is InChI=1S/C13H16BrN5O2/c14-8-3-16-13-11(9(4-17-13)18-10(21)6-20)12(8)19-2-1-7(15)5-19/h3-4,7,20H,1-2,5-6,15H2,(H,16,17)(H,18,21)/t7-/m1/s1. The average molecular weight is 354 g/mol. The van der Waals surface area contributed by atoms with Crippen LogP contribution in [0.25, 0.3) is 11.0 Å². The van der Waals surface area contributed by atoms with Crippen LogP contribution in [0.1, 0.15) is 6.42 Å². The lowest BCUT2D eigenvalue weighted by Crippen LogP contribution is -2.26. The second-order valence-electron chi connectivity index (χ2n) is 5.08.